The van der Waals surface area contributed by atoms with Crippen molar-refractivity contribution in [3.05, 3.63) is 60.2 Å². The summed E-state index contributed by atoms with van der Waals surface area (Å²) in [5, 5.41) is 0. The number of allylic oxidation sites excluding steroid dienone is 1. The van der Waals surface area contributed by atoms with Gasteiger partial charge in [0.2, 0.25) is 0 Å². The van der Waals surface area contributed by atoms with E-state index in [2.05, 4.69) is 32.6 Å². The fourth-order valence-electron chi connectivity index (χ4n) is 8.30. The van der Waals surface area contributed by atoms with E-state index in [1.807, 2.05) is 30.3 Å². The van der Waals surface area contributed by atoms with Gasteiger partial charge in [-0.05, 0) is 48.2 Å². The van der Waals surface area contributed by atoms with Crippen molar-refractivity contribution in [1.82, 2.24) is 0 Å². The number of hydrogen-bond donors (Lipinski definition) is 0. The number of fused-ring (bicyclic) bond motifs is 1. The number of carbonyl (C=O) groups is 3. The lowest BCUT2D eigenvalue weighted by Gasteiger charge is -2.59. The fourth-order valence-corrected chi connectivity index (χ4v) is 8.30. The highest BCUT2D eigenvalue weighted by Gasteiger charge is 2.80. The smallest absolute Gasteiger partial charge is 0.306 e. The Bertz CT molecular complexity index is 1120. The van der Waals surface area contributed by atoms with Crippen molar-refractivity contribution < 1.29 is 23.9 Å². The Morgan fingerprint density at radius 1 is 1.18 bits per heavy atom. The van der Waals surface area contributed by atoms with Gasteiger partial charge in [0.15, 0.2) is 11.6 Å². The van der Waals surface area contributed by atoms with Crippen molar-refractivity contribution in [3.8, 4) is 0 Å². The Morgan fingerprint density at radius 3 is 2.71 bits per heavy atom. The Morgan fingerprint density at radius 2 is 1.94 bits per heavy atom. The molecule has 0 aromatic heterocycles. The normalized spacial score (nSPS) is 41.2. The molecule has 34 heavy (non-hydrogen) atoms. The van der Waals surface area contributed by atoms with Crippen molar-refractivity contribution in [1.29, 1.82) is 0 Å². The van der Waals surface area contributed by atoms with E-state index in [-0.39, 0.29) is 52.5 Å². The predicted molar refractivity (Wildman–Crippen MR) is 126 cm³/mol. The Labute approximate surface area is 200 Å². The van der Waals surface area contributed by atoms with Gasteiger partial charge in [-0.1, -0.05) is 62.9 Å². The molecular formula is C29H32O5. The number of ether oxygens (including phenoxy) is 2. The lowest BCUT2D eigenvalue weighted by molar-refractivity contribution is -0.189. The van der Waals surface area contributed by atoms with E-state index >= 15 is 0 Å². The van der Waals surface area contributed by atoms with Crippen LogP contribution in [0.3, 0.4) is 0 Å². The highest BCUT2D eigenvalue weighted by Crippen LogP contribution is 2.71. The average Bonchev–Trinajstić information content (AvgIpc) is 3.24. The lowest BCUT2D eigenvalue weighted by Crippen LogP contribution is -2.68. The van der Waals surface area contributed by atoms with Crippen molar-refractivity contribution in [2.75, 3.05) is 6.61 Å². The second-order valence-electron chi connectivity index (χ2n) is 11.6. The third kappa shape index (κ3) is 2.62. The summed E-state index contributed by atoms with van der Waals surface area (Å²) in [5.41, 5.74) is -0.355. The average molecular weight is 461 g/mol. The van der Waals surface area contributed by atoms with E-state index < -0.39 is 17.6 Å². The second kappa shape index (κ2) is 7.24. The van der Waals surface area contributed by atoms with E-state index in [1.165, 1.54) is 0 Å². The van der Waals surface area contributed by atoms with Crippen LogP contribution in [0.5, 0.6) is 0 Å². The van der Waals surface area contributed by atoms with Crippen LogP contribution >= 0.6 is 0 Å². The summed E-state index contributed by atoms with van der Waals surface area (Å²) in [6.45, 7) is 8.94. The molecule has 1 aliphatic heterocycles. The molecule has 1 heterocycles. The first-order valence-electron chi connectivity index (χ1n) is 12.5. The molecular weight excluding hydrogens is 428 g/mol. The van der Waals surface area contributed by atoms with Crippen LogP contribution in [0, 0.1) is 34.0 Å². The molecule has 5 aliphatic rings. The monoisotopic (exact) mass is 460 g/mol. The predicted octanol–water partition coefficient (Wildman–Crippen LogP) is 4.25. The summed E-state index contributed by atoms with van der Waals surface area (Å²) in [6.07, 6.45) is 6.11. The Hall–Kier alpha value is -2.53. The Kier molecular flexibility index (Phi) is 4.68. The van der Waals surface area contributed by atoms with Crippen LogP contribution in [0.25, 0.3) is 0 Å². The Balaban J connectivity index is 1.38. The number of rotatable bonds is 4. The molecule has 1 saturated heterocycles. The molecule has 1 aromatic rings. The minimum atomic E-state index is -1.36. The SMILES string of the molecule is C=C1C(=O)[C@@]23C(=O)[C@@H]4OC[C@]5(C=CCC(C)(C)[C@@H]45)[C@@H]2CC[C@@H]1[C@H]3OC(=O)CCc1ccccc1. The van der Waals surface area contributed by atoms with E-state index in [9.17, 15) is 14.4 Å². The van der Waals surface area contributed by atoms with Gasteiger partial charge in [0.25, 0.3) is 0 Å². The van der Waals surface area contributed by atoms with Gasteiger partial charge in [-0.2, -0.15) is 0 Å². The van der Waals surface area contributed by atoms with Crippen molar-refractivity contribution in [3.63, 3.8) is 0 Å². The number of ketones is 2. The number of hydrogen-bond acceptors (Lipinski definition) is 5. The van der Waals surface area contributed by atoms with Crippen LogP contribution in [-0.2, 0) is 30.3 Å². The molecule has 4 fully saturated rings. The number of Topliss-reactive ketones (excluding diaryl/α,β-unsaturated/α-hetero) is 2. The first kappa shape index (κ1) is 22.0. The minimum absolute atomic E-state index is 0.0285. The van der Waals surface area contributed by atoms with E-state index in [4.69, 9.17) is 9.47 Å². The summed E-state index contributed by atoms with van der Waals surface area (Å²) < 4.78 is 12.3. The third-order valence-corrected chi connectivity index (χ3v) is 9.59. The third-order valence-electron chi connectivity index (χ3n) is 9.59. The van der Waals surface area contributed by atoms with E-state index in [0.29, 0.717) is 25.0 Å². The van der Waals surface area contributed by atoms with Gasteiger partial charge in [-0.25, -0.2) is 0 Å². The van der Waals surface area contributed by atoms with E-state index in [0.717, 1.165) is 18.4 Å². The quantitative estimate of drug-likeness (QED) is 0.291. The summed E-state index contributed by atoms with van der Waals surface area (Å²) in [6, 6.07) is 9.79. The second-order valence-corrected chi connectivity index (χ2v) is 11.6. The van der Waals surface area contributed by atoms with Gasteiger partial charge < -0.3 is 9.47 Å². The molecule has 1 aromatic carbocycles. The fraction of sp³-hybridized carbons (Fsp3) is 0.552. The van der Waals surface area contributed by atoms with Crippen LogP contribution in [0.15, 0.2) is 54.6 Å². The maximum absolute atomic E-state index is 14.3. The first-order chi connectivity index (χ1) is 16.2. The van der Waals surface area contributed by atoms with Gasteiger partial charge in [0, 0.05) is 23.7 Å². The van der Waals surface area contributed by atoms with Crippen LogP contribution in [0.2, 0.25) is 0 Å². The van der Waals surface area contributed by atoms with Crippen molar-refractivity contribution in [2.45, 2.75) is 58.2 Å². The van der Waals surface area contributed by atoms with Gasteiger partial charge in [-0.3, -0.25) is 14.4 Å². The molecule has 0 amide bonds. The van der Waals surface area contributed by atoms with Gasteiger partial charge in [0.05, 0.1) is 6.61 Å². The number of aryl methyl sites for hydroxylation is 1. The van der Waals surface area contributed by atoms with Gasteiger partial charge in [-0.15, -0.1) is 0 Å². The molecule has 0 N–H and O–H groups in total. The number of esters is 1. The summed E-state index contributed by atoms with van der Waals surface area (Å²) >= 11 is 0. The molecule has 6 rings (SSSR count). The van der Waals surface area contributed by atoms with Crippen LogP contribution in [0.4, 0.5) is 0 Å². The molecule has 5 heteroatoms. The lowest BCUT2D eigenvalue weighted by atomic mass is 9.41. The summed E-state index contributed by atoms with van der Waals surface area (Å²) in [7, 11) is 0. The van der Waals surface area contributed by atoms with Crippen molar-refractivity contribution in [2.24, 2.45) is 34.0 Å². The topological polar surface area (TPSA) is 69.7 Å². The first-order valence-corrected chi connectivity index (χ1v) is 12.5. The summed E-state index contributed by atoms with van der Waals surface area (Å²) in [5.74, 6) is -1.24. The molecule has 0 unspecified atom stereocenters. The molecule has 3 saturated carbocycles. The molecule has 5 nitrogen and oxygen atoms in total. The highest BCUT2D eigenvalue weighted by molar-refractivity contribution is 6.20. The molecule has 0 radical (unpaired) electrons. The zero-order chi connectivity index (χ0) is 23.9. The van der Waals surface area contributed by atoms with Crippen molar-refractivity contribution >= 4 is 17.5 Å². The molecule has 178 valence electrons. The number of benzene rings is 1. The maximum Gasteiger partial charge on any atom is 0.306 e. The van der Waals surface area contributed by atoms with E-state index in [1.54, 1.807) is 0 Å². The van der Waals surface area contributed by atoms with Gasteiger partial charge in [0.1, 0.15) is 17.6 Å². The minimum Gasteiger partial charge on any atom is -0.460 e. The largest absolute Gasteiger partial charge is 0.460 e. The van der Waals surface area contributed by atoms with Crippen LogP contribution in [-0.4, -0.2) is 36.4 Å². The zero-order valence-electron chi connectivity index (χ0n) is 19.9. The standard InChI is InChI=1S/C29H32O5/c1-17-19-11-12-20-28-15-7-14-27(2,3)23(28)22(33-16-28)25(32)29(20,24(17)31)26(19)34-21(30)13-10-18-8-5-4-6-9-18/h4-9,15,19-20,22-23,26H,1,10-14,16H2,2-3H3/t19-,20-,22+,23+,26+,28+,29+/m0/s1. The summed E-state index contributed by atoms with van der Waals surface area (Å²) in [4.78, 5) is 41.2. The zero-order valence-corrected chi connectivity index (χ0v) is 19.9. The van der Waals surface area contributed by atoms with Gasteiger partial charge >= 0.3 is 5.97 Å². The molecule has 4 aliphatic carbocycles. The molecule has 1 spiro atoms. The van der Waals surface area contributed by atoms with Crippen LogP contribution < -0.4 is 0 Å². The molecule has 4 bridgehead atoms. The van der Waals surface area contributed by atoms with Crippen LogP contribution in [0.1, 0.15) is 45.1 Å². The number of carbonyl (C=O) groups excluding carboxylic acids is 3. The maximum atomic E-state index is 14.3. The highest BCUT2D eigenvalue weighted by atomic mass is 16.5. The molecule has 7 atom stereocenters.